The maximum atomic E-state index is 11.0. The van der Waals surface area contributed by atoms with E-state index in [1.165, 1.54) is 0 Å². The zero-order valence-electron chi connectivity index (χ0n) is 7.26. The van der Waals surface area contributed by atoms with Crippen molar-refractivity contribution >= 4 is 18.5 Å². The van der Waals surface area contributed by atoms with Gasteiger partial charge in [-0.05, 0) is 6.42 Å². The number of hydrogen-bond donors (Lipinski definition) is 2. The van der Waals surface area contributed by atoms with Gasteiger partial charge in [-0.3, -0.25) is 4.79 Å². The first kappa shape index (κ1) is 10.8. The Balaban J connectivity index is 3.23. The highest BCUT2D eigenvalue weighted by atomic mass is 32.1. The van der Waals surface area contributed by atoms with Crippen molar-refractivity contribution in [1.29, 1.82) is 0 Å². The molecule has 0 spiro atoms. The van der Waals surface area contributed by atoms with Crippen molar-refractivity contribution in [3.05, 3.63) is 0 Å². The van der Waals surface area contributed by atoms with Crippen LogP contribution in [0.4, 0.5) is 0 Å². The molecule has 0 aliphatic carbocycles. The molecule has 0 aromatic carbocycles. The standard InChI is InChI=1S/C8H17NOS/c1-3-4-5-9-8(10)6-7(2)11/h7,11H,3-6H2,1-2H3,(H,9,10). The molecular formula is C8H17NOS. The number of carbonyl (C=O) groups is 1. The minimum Gasteiger partial charge on any atom is -0.356 e. The van der Waals surface area contributed by atoms with Crippen LogP contribution in [0.2, 0.25) is 0 Å². The zero-order valence-corrected chi connectivity index (χ0v) is 8.16. The molecule has 2 nitrogen and oxygen atoms in total. The lowest BCUT2D eigenvalue weighted by Gasteiger charge is -2.04. The average molecular weight is 175 g/mol. The first-order valence-corrected chi connectivity index (χ1v) is 4.63. The Morgan fingerprint density at radius 2 is 2.27 bits per heavy atom. The molecule has 0 aromatic heterocycles. The summed E-state index contributed by atoms with van der Waals surface area (Å²) in [5.41, 5.74) is 0. The van der Waals surface area contributed by atoms with Gasteiger partial charge >= 0.3 is 0 Å². The highest BCUT2D eigenvalue weighted by molar-refractivity contribution is 7.80. The van der Waals surface area contributed by atoms with Gasteiger partial charge in [0.1, 0.15) is 0 Å². The highest BCUT2D eigenvalue weighted by Gasteiger charge is 2.02. The number of hydrogen-bond acceptors (Lipinski definition) is 2. The molecule has 3 heteroatoms. The third-order valence-corrected chi connectivity index (χ3v) is 1.52. The largest absolute Gasteiger partial charge is 0.356 e. The van der Waals surface area contributed by atoms with E-state index >= 15 is 0 Å². The molecule has 1 amide bonds. The third-order valence-electron chi connectivity index (χ3n) is 1.33. The van der Waals surface area contributed by atoms with E-state index < -0.39 is 0 Å². The molecule has 0 bridgehead atoms. The summed E-state index contributed by atoms with van der Waals surface area (Å²) >= 11 is 4.12. The van der Waals surface area contributed by atoms with Gasteiger partial charge in [0.15, 0.2) is 0 Å². The van der Waals surface area contributed by atoms with Gasteiger partial charge in [-0.25, -0.2) is 0 Å². The first-order chi connectivity index (χ1) is 5.16. The Bertz CT molecular complexity index is 115. The monoisotopic (exact) mass is 175 g/mol. The van der Waals surface area contributed by atoms with E-state index in [0.29, 0.717) is 6.42 Å². The van der Waals surface area contributed by atoms with Crippen LogP contribution in [0.1, 0.15) is 33.1 Å². The SMILES string of the molecule is CCCCNC(=O)CC(C)S. The fourth-order valence-electron chi connectivity index (χ4n) is 0.745. The van der Waals surface area contributed by atoms with Crippen molar-refractivity contribution < 1.29 is 4.79 Å². The predicted molar refractivity (Wildman–Crippen MR) is 51.0 cm³/mol. The predicted octanol–water partition coefficient (Wildman–Crippen LogP) is 1.61. The quantitative estimate of drug-likeness (QED) is 0.482. The second-order valence-electron chi connectivity index (χ2n) is 2.76. The average Bonchev–Trinajstić information content (AvgIpc) is 1.86. The molecule has 0 saturated carbocycles. The maximum Gasteiger partial charge on any atom is 0.221 e. The smallest absolute Gasteiger partial charge is 0.221 e. The van der Waals surface area contributed by atoms with E-state index in [-0.39, 0.29) is 11.2 Å². The fourth-order valence-corrected chi connectivity index (χ4v) is 0.911. The molecule has 0 saturated heterocycles. The van der Waals surface area contributed by atoms with Crippen molar-refractivity contribution in [2.24, 2.45) is 0 Å². The van der Waals surface area contributed by atoms with Gasteiger partial charge < -0.3 is 5.32 Å². The first-order valence-electron chi connectivity index (χ1n) is 4.11. The molecule has 1 N–H and O–H groups in total. The number of nitrogens with one attached hydrogen (secondary N) is 1. The lowest BCUT2D eigenvalue weighted by Crippen LogP contribution is -2.25. The van der Waals surface area contributed by atoms with Crippen molar-refractivity contribution in [3.8, 4) is 0 Å². The molecule has 0 heterocycles. The lowest BCUT2D eigenvalue weighted by molar-refractivity contribution is -0.120. The zero-order chi connectivity index (χ0) is 8.69. The van der Waals surface area contributed by atoms with E-state index in [2.05, 4.69) is 24.9 Å². The maximum absolute atomic E-state index is 11.0. The fraction of sp³-hybridized carbons (Fsp3) is 0.875. The van der Waals surface area contributed by atoms with Crippen LogP contribution in [0, 0.1) is 0 Å². The van der Waals surface area contributed by atoms with Crippen molar-refractivity contribution in [3.63, 3.8) is 0 Å². The number of unbranched alkanes of at least 4 members (excludes halogenated alkanes) is 1. The van der Waals surface area contributed by atoms with Crippen LogP contribution >= 0.6 is 12.6 Å². The van der Waals surface area contributed by atoms with Crippen molar-refractivity contribution in [2.75, 3.05) is 6.54 Å². The molecule has 0 fully saturated rings. The summed E-state index contributed by atoms with van der Waals surface area (Å²) in [6.45, 7) is 4.83. The molecule has 0 aromatic rings. The lowest BCUT2D eigenvalue weighted by atomic mass is 10.3. The molecule has 0 radical (unpaired) electrons. The van der Waals surface area contributed by atoms with Gasteiger partial charge in [0.2, 0.25) is 5.91 Å². The van der Waals surface area contributed by atoms with Crippen LogP contribution in [0.15, 0.2) is 0 Å². The second kappa shape index (κ2) is 6.53. The van der Waals surface area contributed by atoms with E-state index in [9.17, 15) is 4.79 Å². The molecule has 0 aliphatic heterocycles. The molecule has 1 atom stereocenters. The van der Waals surface area contributed by atoms with Crippen LogP contribution in [-0.2, 0) is 4.79 Å². The Morgan fingerprint density at radius 1 is 1.64 bits per heavy atom. The number of thiol groups is 1. The minimum atomic E-state index is 0.112. The minimum absolute atomic E-state index is 0.112. The van der Waals surface area contributed by atoms with Gasteiger partial charge in [-0.1, -0.05) is 20.3 Å². The molecule has 66 valence electrons. The van der Waals surface area contributed by atoms with Crippen molar-refractivity contribution in [1.82, 2.24) is 5.32 Å². The molecule has 1 unspecified atom stereocenters. The van der Waals surface area contributed by atoms with Gasteiger partial charge in [0.25, 0.3) is 0 Å². The molecule has 11 heavy (non-hydrogen) atoms. The highest BCUT2D eigenvalue weighted by Crippen LogP contribution is 1.98. The summed E-state index contributed by atoms with van der Waals surface area (Å²) in [5, 5.41) is 2.99. The Kier molecular flexibility index (Phi) is 6.42. The molecule has 0 aliphatic rings. The normalized spacial score (nSPS) is 12.6. The van der Waals surface area contributed by atoms with Gasteiger partial charge in [0.05, 0.1) is 0 Å². The summed E-state index contributed by atoms with van der Waals surface area (Å²) in [7, 11) is 0. The number of carbonyl (C=O) groups excluding carboxylic acids is 1. The molecule has 0 rings (SSSR count). The van der Waals surface area contributed by atoms with Crippen LogP contribution in [-0.4, -0.2) is 17.7 Å². The Morgan fingerprint density at radius 3 is 2.73 bits per heavy atom. The van der Waals surface area contributed by atoms with Gasteiger partial charge in [-0.2, -0.15) is 12.6 Å². The van der Waals surface area contributed by atoms with E-state index in [0.717, 1.165) is 19.4 Å². The second-order valence-corrected chi connectivity index (χ2v) is 3.64. The summed E-state index contributed by atoms with van der Waals surface area (Å²) in [6.07, 6.45) is 2.70. The number of rotatable bonds is 5. The van der Waals surface area contributed by atoms with Crippen LogP contribution in [0.3, 0.4) is 0 Å². The van der Waals surface area contributed by atoms with Gasteiger partial charge in [0, 0.05) is 18.2 Å². The van der Waals surface area contributed by atoms with Crippen LogP contribution < -0.4 is 5.32 Å². The number of amides is 1. The Hall–Kier alpha value is -0.180. The topological polar surface area (TPSA) is 29.1 Å². The van der Waals surface area contributed by atoms with Crippen LogP contribution in [0.5, 0.6) is 0 Å². The van der Waals surface area contributed by atoms with E-state index in [4.69, 9.17) is 0 Å². The summed E-state index contributed by atoms with van der Waals surface area (Å²) in [6, 6.07) is 0. The third kappa shape index (κ3) is 7.72. The molecular weight excluding hydrogens is 158 g/mol. The Labute approximate surface area is 74.2 Å². The summed E-state index contributed by atoms with van der Waals surface area (Å²) in [5.74, 6) is 0.112. The summed E-state index contributed by atoms with van der Waals surface area (Å²) in [4.78, 5) is 11.0. The van der Waals surface area contributed by atoms with Gasteiger partial charge in [-0.15, -0.1) is 0 Å². The van der Waals surface area contributed by atoms with Crippen molar-refractivity contribution in [2.45, 2.75) is 38.4 Å². The van der Waals surface area contributed by atoms with Crippen LogP contribution in [0.25, 0.3) is 0 Å². The summed E-state index contributed by atoms with van der Waals surface area (Å²) < 4.78 is 0. The van der Waals surface area contributed by atoms with E-state index in [1.807, 2.05) is 6.92 Å². The van der Waals surface area contributed by atoms with E-state index in [1.54, 1.807) is 0 Å².